The molecule has 3 rings (SSSR count). The fourth-order valence-corrected chi connectivity index (χ4v) is 4.29. The first-order valence-electron chi connectivity index (χ1n) is 8.29. The molecule has 0 saturated heterocycles. The first-order valence-corrected chi connectivity index (χ1v) is 9.55. The third-order valence-corrected chi connectivity index (χ3v) is 6.59. The van der Waals surface area contributed by atoms with Crippen LogP contribution < -0.4 is 10.5 Å². The van der Waals surface area contributed by atoms with E-state index in [0.717, 1.165) is 22.1 Å². The SMILES string of the molecule is CCC(CC)(c1ccc(-c2ccnc3[nH]c(=O)ccc23)cc1)[P+](=N)[O-]. The number of rotatable bonds is 5. The number of nitrogens with one attached hydrogen (secondary N) is 2. The summed E-state index contributed by atoms with van der Waals surface area (Å²) in [6, 6.07) is 13.1. The van der Waals surface area contributed by atoms with Crippen LogP contribution in [0.2, 0.25) is 0 Å². The van der Waals surface area contributed by atoms with Gasteiger partial charge in [-0.15, -0.1) is 5.16 Å². The van der Waals surface area contributed by atoms with Gasteiger partial charge in [0, 0.05) is 23.2 Å². The molecule has 0 bridgehead atoms. The number of aromatic nitrogens is 2. The van der Waals surface area contributed by atoms with Crippen LogP contribution in [-0.2, 0) is 5.16 Å². The number of aromatic amines is 1. The van der Waals surface area contributed by atoms with Gasteiger partial charge in [-0.3, -0.25) is 4.79 Å². The molecule has 0 aliphatic carbocycles. The van der Waals surface area contributed by atoms with E-state index < -0.39 is 13.1 Å². The molecule has 2 N–H and O–H groups in total. The molecule has 0 aliphatic rings. The molecule has 1 aromatic carbocycles. The molecule has 0 amide bonds. The summed E-state index contributed by atoms with van der Waals surface area (Å²) in [6.07, 6.45) is 3.01. The monoisotopic (exact) mass is 353 g/mol. The van der Waals surface area contributed by atoms with Gasteiger partial charge in [-0.1, -0.05) is 38.1 Å². The van der Waals surface area contributed by atoms with E-state index in [1.165, 1.54) is 6.07 Å². The molecule has 1 unspecified atom stereocenters. The lowest BCUT2D eigenvalue weighted by Gasteiger charge is -2.25. The summed E-state index contributed by atoms with van der Waals surface area (Å²) in [7, 11) is -2.07. The Kier molecular flexibility index (Phi) is 4.80. The molecular weight excluding hydrogens is 333 g/mol. The van der Waals surface area contributed by atoms with Gasteiger partial charge in [-0.25, -0.2) is 4.98 Å². The molecule has 25 heavy (non-hydrogen) atoms. The summed E-state index contributed by atoms with van der Waals surface area (Å²) in [6.45, 7) is 3.96. The van der Waals surface area contributed by atoms with Crippen molar-refractivity contribution in [1.29, 1.82) is 5.16 Å². The van der Waals surface area contributed by atoms with Gasteiger partial charge >= 0.3 is 0 Å². The second kappa shape index (κ2) is 6.87. The number of benzene rings is 1. The third kappa shape index (κ3) is 3.01. The molecule has 2 aromatic heterocycles. The lowest BCUT2D eigenvalue weighted by atomic mass is 9.91. The topological polar surface area (TPSA) is 92.7 Å². The number of hydrogen-bond acceptors (Lipinski definition) is 4. The molecule has 5 nitrogen and oxygen atoms in total. The van der Waals surface area contributed by atoms with Crippen molar-refractivity contribution in [3.63, 3.8) is 0 Å². The van der Waals surface area contributed by atoms with Gasteiger partial charge < -0.3 is 9.88 Å². The first kappa shape index (κ1) is 17.5. The summed E-state index contributed by atoms with van der Waals surface area (Å²) in [5.74, 6) is 0. The molecular formula is C19H20N3O2P. The number of H-pyrrole nitrogens is 1. The number of pyridine rings is 2. The van der Waals surface area contributed by atoms with Crippen LogP contribution in [0, 0.1) is 5.16 Å². The van der Waals surface area contributed by atoms with Gasteiger partial charge in [0.15, 0.2) is 13.1 Å². The summed E-state index contributed by atoms with van der Waals surface area (Å²) in [4.78, 5) is 30.5. The van der Waals surface area contributed by atoms with Crippen LogP contribution in [0.3, 0.4) is 0 Å². The highest BCUT2D eigenvalue weighted by molar-refractivity contribution is 7.39. The van der Waals surface area contributed by atoms with Crippen LogP contribution in [0.25, 0.3) is 22.2 Å². The summed E-state index contributed by atoms with van der Waals surface area (Å²) < 4.78 is 0. The molecule has 0 fully saturated rings. The van der Waals surface area contributed by atoms with Crippen molar-refractivity contribution in [2.24, 2.45) is 0 Å². The third-order valence-electron chi connectivity index (χ3n) is 4.92. The normalized spacial score (nSPS) is 12.4. The van der Waals surface area contributed by atoms with E-state index in [-0.39, 0.29) is 5.56 Å². The Morgan fingerprint density at radius 2 is 1.80 bits per heavy atom. The Morgan fingerprint density at radius 3 is 2.40 bits per heavy atom. The van der Waals surface area contributed by atoms with Crippen molar-refractivity contribution in [3.8, 4) is 11.1 Å². The highest BCUT2D eigenvalue weighted by Crippen LogP contribution is 2.48. The predicted octanol–water partition coefficient (Wildman–Crippen LogP) is 4.12. The van der Waals surface area contributed by atoms with Crippen molar-refractivity contribution < 1.29 is 4.89 Å². The second-order valence-corrected chi connectivity index (χ2v) is 7.50. The van der Waals surface area contributed by atoms with E-state index >= 15 is 0 Å². The van der Waals surface area contributed by atoms with Gasteiger partial charge in [0.25, 0.3) is 0 Å². The molecule has 0 aliphatic heterocycles. The van der Waals surface area contributed by atoms with Crippen molar-refractivity contribution in [1.82, 2.24) is 9.97 Å². The average Bonchev–Trinajstić information content (AvgIpc) is 2.63. The maximum absolute atomic E-state index is 12.1. The minimum Gasteiger partial charge on any atom is -0.612 e. The zero-order chi connectivity index (χ0) is 18.0. The van der Waals surface area contributed by atoms with Crippen molar-refractivity contribution in [3.05, 3.63) is 64.6 Å². The maximum Gasteiger partial charge on any atom is 0.249 e. The lowest BCUT2D eigenvalue weighted by molar-refractivity contribution is -0.162. The fourth-order valence-electron chi connectivity index (χ4n) is 3.33. The Morgan fingerprint density at radius 1 is 1.12 bits per heavy atom. The van der Waals surface area contributed by atoms with Crippen molar-refractivity contribution in [2.75, 3.05) is 0 Å². The Bertz CT molecular complexity index is 976. The van der Waals surface area contributed by atoms with Crippen LogP contribution in [0.15, 0.2) is 53.5 Å². The zero-order valence-electron chi connectivity index (χ0n) is 14.2. The highest BCUT2D eigenvalue weighted by Gasteiger charge is 2.38. The highest BCUT2D eigenvalue weighted by atomic mass is 31.1. The van der Waals surface area contributed by atoms with E-state index in [1.807, 2.05) is 44.2 Å². The van der Waals surface area contributed by atoms with E-state index in [1.54, 1.807) is 12.3 Å². The summed E-state index contributed by atoms with van der Waals surface area (Å²) >= 11 is 0. The molecule has 6 heteroatoms. The quantitative estimate of drug-likeness (QED) is 0.676. The molecule has 128 valence electrons. The molecule has 3 aromatic rings. The molecule has 0 saturated carbocycles. The van der Waals surface area contributed by atoms with Crippen LogP contribution in [0.1, 0.15) is 32.3 Å². The zero-order valence-corrected chi connectivity index (χ0v) is 15.1. The van der Waals surface area contributed by atoms with Crippen LogP contribution in [-0.4, -0.2) is 9.97 Å². The molecule has 0 radical (unpaired) electrons. The molecule has 2 heterocycles. The van der Waals surface area contributed by atoms with Gasteiger partial charge in [0.1, 0.15) is 5.65 Å². The van der Waals surface area contributed by atoms with Gasteiger partial charge in [0.05, 0.1) is 0 Å². The molecule has 0 spiro atoms. The summed E-state index contributed by atoms with van der Waals surface area (Å²) in [5, 5.41) is 8.11. The minimum absolute atomic E-state index is 0.178. The van der Waals surface area contributed by atoms with Gasteiger partial charge in [0.2, 0.25) is 5.56 Å². The molecule has 1 atom stereocenters. The Balaban J connectivity index is 2.10. The number of nitrogens with zero attached hydrogens (tertiary/aromatic N) is 1. The fraction of sp³-hybridized carbons (Fsp3) is 0.263. The van der Waals surface area contributed by atoms with Gasteiger partial charge in [-0.05, 0) is 36.1 Å². The summed E-state index contributed by atoms with van der Waals surface area (Å²) in [5.41, 5.74) is 3.28. The van der Waals surface area contributed by atoms with E-state index in [9.17, 15) is 9.69 Å². The Labute approximate surface area is 147 Å². The van der Waals surface area contributed by atoms with Crippen LogP contribution in [0.4, 0.5) is 0 Å². The average molecular weight is 353 g/mol. The van der Waals surface area contributed by atoms with E-state index in [2.05, 4.69) is 9.97 Å². The number of fused-ring (bicyclic) bond motifs is 1. The van der Waals surface area contributed by atoms with E-state index in [0.29, 0.717) is 18.5 Å². The smallest absolute Gasteiger partial charge is 0.249 e. The first-order chi connectivity index (χ1) is 12.0. The largest absolute Gasteiger partial charge is 0.612 e. The standard InChI is InChI=1S/C19H20N3O2P/c1-3-19(4-2,25(20)24)14-7-5-13(6-8-14)15-11-12-21-18-16(15)9-10-17(23)22-18/h5-12,20H,3-4H2,1-2H3,(H,21,22,23). The second-order valence-electron chi connectivity index (χ2n) is 6.05. The van der Waals surface area contributed by atoms with Crippen molar-refractivity contribution >= 4 is 19.0 Å². The van der Waals surface area contributed by atoms with Gasteiger partial charge in [-0.2, -0.15) is 0 Å². The van der Waals surface area contributed by atoms with E-state index in [4.69, 9.17) is 5.16 Å². The van der Waals surface area contributed by atoms with Crippen LogP contribution in [0.5, 0.6) is 0 Å². The van der Waals surface area contributed by atoms with Crippen molar-refractivity contribution in [2.45, 2.75) is 31.8 Å². The lowest BCUT2D eigenvalue weighted by Crippen LogP contribution is -2.23. The Hall–Kier alpha value is -2.36. The predicted molar refractivity (Wildman–Crippen MR) is 99.7 cm³/mol. The maximum atomic E-state index is 12.1. The van der Waals surface area contributed by atoms with Crippen LogP contribution >= 0.6 is 7.94 Å². The minimum atomic E-state index is -2.07. The number of hydrogen-bond donors (Lipinski definition) is 2.